The van der Waals surface area contributed by atoms with E-state index in [9.17, 15) is 4.79 Å². The van der Waals surface area contributed by atoms with Gasteiger partial charge in [0, 0.05) is 6.42 Å². The number of carbonyl (C=O) groups excluding carboxylic acids is 1. The monoisotopic (exact) mass is 255 g/mol. The number of aromatic nitrogens is 2. The Morgan fingerprint density at radius 1 is 1.50 bits per heavy atom. The fraction of sp³-hybridized carbons (Fsp3) is 0.750. The number of carbonyl (C=O) groups is 1. The Bertz CT molecular complexity index is 376. The van der Waals surface area contributed by atoms with Gasteiger partial charge in [-0.2, -0.15) is 4.98 Å². The molecule has 6 heteroatoms. The maximum atomic E-state index is 11.6. The fourth-order valence-corrected chi connectivity index (χ4v) is 1.59. The Morgan fingerprint density at radius 3 is 2.72 bits per heavy atom. The van der Waals surface area contributed by atoms with Gasteiger partial charge < -0.3 is 9.26 Å². The van der Waals surface area contributed by atoms with Crippen molar-refractivity contribution in [3.05, 3.63) is 11.7 Å². The van der Waals surface area contributed by atoms with Gasteiger partial charge in [0.25, 0.3) is 0 Å². The molecule has 18 heavy (non-hydrogen) atoms. The summed E-state index contributed by atoms with van der Waals surface area (Å²) in [5.41, 5.74) is 0. The molecule has 6 nitrogen and oxygen atoms in total. The molecule has 1 aromatic rings. The zero-order valence-electron chi connectivity index (χ0n) is 11.4. The van der Waals surface area contributed by atoms with Crippen molar-refractivity contribution in [1.29, 1.82) is 0 Å². The van der Waals surface area contributed by atoms with Crippen LogP contribution >= 0.6 is 0 Å². The molecule has 0 aliphatic rings. The Balaban J connectivity index is 2.52. The molecule has 0 saturated heterocycles. The van der Waals surface area contributed by atoms with Crippen LogP contribution in [0.2, 0.25) is 0 Å². The third kappa shape index (κ3) is 4.44. The van der Waals surface area contributed by atoms with Gasteiger partial charge in [0.1, 0.15) is 6.04 Å². The summed E-state index contributed by atoms with van der Waals surface area (Å²) in [6, 6.07) is -0.341. The van der Waals surface area contributed by atoms with E-state index in [0.717, 1.165) is 6.42 Å². The molecule has 1 heterocycles. The molecule has 1 aromatic heterocycles. The number of esters is 1. The maximum absolute atomic E-state index is 11.6. The highest BCUT2D eigenvalue weighted by atomic mass is 16.5. The van der Waals surface area contributed by atoms with Crippen LogP contribution in [0.15, 0.2) is 4.52 Å². The fourth-order valence-electron chi connectivity index (χ4n) is 1.59. The Kier molecular flexibility index (Phi) is 5.77. The van der Waals surface area contributed by atoms with Gasteiger partial charge in [0.2, 0.25) is 5.89 Å². The minimum Gasteiger partial charge on any atom is -0.468 e. The van der Waals surface area contributed by atoms with Crippen LogP contribution < -0.4 is 5.32 Å². The van der Waals surface area contributed by atoms with Gasteiger partial charge in [-0.25, -0.2) is 0 Å². The van der Waals surface area contributed by atoms with Crippen molar-refractivity contribution in [3.8, 4) is 0 Å². The average Bonchev–Trinajstić information content (AvgIpc) is 2.81. The summed E-state index contributed by atoms with van der Waals surface area (Å²) < 4.78 is 9.81. The molecule has 0 aliphatic carbocycles. The Morgan fingerprint density at radius 2 is 2.22 bits per heavy atom. The van der Waals surface area contributed by atoms with Gasteiger partial charge in [0.05, 0.1) is 13.7 Å². The highest BCUT2D eigenvalue weighted by Crippen LogP contribution is 2.07. The van der Waals surface area contributed by atoms with Crippen LogP contribution in [-0.2, 0) is 22.5 Å². The minimum atomic E-state index is -0.341. The zero-order chi connectivity index (χ0) is 13.5. The van der Waals surface area contributed by atoms with Crippen LogP contribution in [0.3, 0.4) is 0 Å². The van der Waals surface area contributed by atoms with E-state index in [1.54, 1.807) is 0 Å². The van der Waals surface area contributed by atoms with Gasteiger partial charge in [-0.15, -0.1) is 0 Å². The van der Waals surface area contributed by atoms with Gasteiger partial charge in [-0.05, 0) is 12.3 Å². The molecule has 0 radical (unpaired) electrons. The molecule has 102 valence electrons. The summed E-state index contributed by atoms with van der Waals surface area (Å²) in [5.74, 6) is 1.30. The number of methoxy groups -OCH3 is 1. The van der Waals surface area contributed by atoms with Crippen molar-refractivity contribution < 1.29 is 14.1 Å². The zero-order valence-corrected chi connectivity index (χ0v) is 11.4. The molecule has 1 N–H and O–H groups in total. The van der Waals surface area contributed by atoms with Crippen molar-refractivity contribution in [2.75, 3.05) is 7.11 Å². The first-order valence-electron chi connectivity index (χ1n) is 6.19. The first-order chi connectivity index (χ1) is 8.56. The largest absolute Gasteiger partial charge is 0.468 e. The molecule has 0 saturated carbocycles. The van der Waals surface area contributed by atoms with Crippen molar-refractivity contribution in [3.63, 3.8) is 0 Å². The quantitative estimate of drug-likeness (QED) is 0.740. The molecular formula is C12H21N3O3. The second-order valence-corrected chi connectivity index (χ2v) is 4.54. The maximum Gasteiger partial charge on any atom is 0.322 e. The number of aryl methyl sites for hydroxylation is 1. The normalized spacial score (nSPS) is 12.7. The predicted octanol–water partition coefficient (Wildman–Crippen LogP) is 1.31. The average molecular weight is 255 g/mol. The van der Waals surface area contributed by atoms with Gasteiger partial charge in [-0.3, -0.25) is 10.1 Å². The highest BCUT2D eigenvalue weighted by Gasteiger charge is 2.20. The predicted molar refractivity (Wildman–Crippen MR) is 65.8 cm³/mol. The summed E-state index contributed by atoms with van der Waals surface area (Å²) in [5, 5.41) is 6.88. The topological polar surface area (TPSA) is 77.2 Å². The van der Waals surface area contributed by atoms with E-state index in [4.69, 9.17) is 9.26 Å². The van der Waals surface area contributed by atoms with E-state index in [-0.39, 0.29) is 12.0 Å². The molecule has 0 aliphatic heterocycles. The lowest BCUT2D eigenvalue weighted by Crippen LogP contribution is -2.38. The van der Waals surface area contributed by atoms with Crippen molar-refractivity contribution in [2.45, 2.75) is 46.2 Å². The number of nitrogens with zero attached hydrogens (tertiary/aromatic N) is 2. The molecule has 1 atom stereocenters. The molecule has 0 spiro atoms. The summed E-state index contributed by atoms with van der Waals surface area (Å²) in [7, 11) is 1.39. The third-order valence-corrected chi connectivity index (χ3v) is 2.52. The lowest BCUT2D eigenvalue weighted by atomic mass is 10.0. The van der Waals surface area contributed by atoms with Gasteiger partial charge in [0.15, 0.2) is 5.82 Å². The number of hydrogen-bond donors (Lipinski definition) is 1. The third-order valence-electron chi connectivity index (χ3n) is 2.52. The number of nitrogens with one attached hydrogen (secondary N) is 1. The Hall–Kier alpha value is -1.43. The van der Waals surface area contributed by atoms with E-state index in [0.29, 0.717) is 30.6 Å². The van der Waals surface area contributed by atoms with Crippen LogP contribution in [0.1, 0.15) is 38.9 Å². The first-order valence-corrected chi connectivity index (χ1v) is 6.19. The van der Waals surface area contributed by atoms with Gasteiger partial charge in [-0.1, -0.05) is 25.9 Å². The molecule has 1 rings (SSSR count). The highest BCUT2D eigenvalue weighted by molar-refractivity contribution is 5.75. The van der Waals surface area contributed by atoms with Crippen molar-refractivity contribution in [1.82, 2.24) is 15.5 Å². The molecule has 0 fully saturated rings. The molecule has 1 unspecified atom stereocenters. The number of ether oxygens (including phenoxy) is 1. The molecule has 0 amide bonds. The van der Waals surface area contributed by atoms with Crippen LogP contribution in [0, 0.1) is 5.92 Å². The van der Waals surface area contributed by atoms with E-state index in [1.807, 2.05) is 6.92 Å². The smallest absolute Gasteiger partial charge is 0.322 e. The first kappa shape index (κ1) is 14.6. The summed E-state index contributed by atoms with van der Waals surface area (Å²) in [6.45, 7) is 6.44. The molecule has 0 aromatic carbocycles. The summed E-state index contributed by atoms with van der Waals surface area (Å²) >= 11 is 0. The van der Waals surface area contributed by atoms with E-state index < -0.39 is 0 Å². The van der Waals surface area contributed by atoms with Crippen molar-refractivity contribution in [2.24, 2.45) is 5.92 Å². The van der Waals surface area contributed by atoms with Crippen molar-refractivity contribution >= 4 is 5.97 Å². The van der Waals surface area contributed by atoms with Crippen LogP contribution in [0.25, 0.3) is 0 Å². The number of hydrogen-bond acceptors (Lipinski definition) is 6. The van der Waals surface area contributed by atoms with E-state index >= 15 is 0 Å². The van der Waals surface area contributed by atoms with Crippen LogP contribution in [0.5, 0.6) is 0 Å². The second-order valence-electron chi connectivity index (χ2n) is 4.54. The van der Waals surface area contributed by atoms with Crippen LogP contribution in [-0.4, -0.2) is 29.3 Å². The van der Waals surface area contributed by atoms with E-state index in [1.165, 1.54) is 7.11 Å². The van der Waals surface area contributed by atoms with E-state index in [2.05, 4.69) is 29.3 Å². The standard InChI is InChI=1S/C12H21N3O3/c1-5-10-14-11(18-15-10)7-13-9(6-8(2)3)12(16)17-4/h8-9,13H,5-7H2,1-4H3. The summed E-state index contributed by atoms with van der Waals surface area (Å²) in [6.07, 6.45) is 1.44. The lowest BCUT2D eigenvalue weighted by Gasteiger charge is -2.17. The molecule has 0 bridgehead atoms. The van der Waals surface area contributed by atoms with Crippen LogP contribution in [0.4, 0.5) is 0 Å². The second kappa shape index (κ2) is 7.10. The minimum absolute atomic E-state index is 0.265. The Labute approximate surface area is 107 Å². The number of rotatable bonds is 7. The van der Waals surface area contributed by atoms with Gasteiger partial charge >= 0.3 is 5.97 Å². The molecular weight excluding hydrogens is 234 g/mol. The lowest BCUT2D eigenvalue weighted by molar-refractivity contribution is -0.143. The summed E-state index contributed by atoms with van der Waals surface area (Å²) in [4.78, 5) is 15.8. The SMILES string of the molecule is CCc1noc(CNC(CC(C)C)C(=O)OC)n1.